The number of ether oxygens (including phenoxy) is 3. The minimum absolute atomic E-state index is 0.108. The summed E-state index contributed by atoms with van der Waals surface area (Å²) in [5, 5.41) is 8.64. The highest BCUT2D eigenvalue weighted by atomic mass is 16.6. The van der Waals surface area contributed by atoms with E-state index in [0.29, 0.717) is 58.1 Å². The normalized spacial score (nSPS) is 29.5. The van der Waals surface area contributed by atoms with Gasteiger partial charge in [-0.1, -0.05) is 19.1 Å². The molecule has 4 fully saturated rings. The van der Waals surface area contributed by atoms with E-state index < -0.39 is 35.5 Å². The molecule has 11 heteroatoms. The lowest BCUT2D eigenvalue weighted by Crippen LogP contribution is -2.57. The predicted molar refractivity (Wildman–Crippen MR) is 163 cm³/mol. The van der Waals surface area contributed by atoms with Crippen LogP contribution in [0.5, 0.6) is 5.75 Å². The number of aryl methyl sites for hydroxylation is 1. The number of carbonyl (C=O) groups is 4. The molecule has 0 radical (unpaired) electrons. The summed E-state index contributed by atoms with van der Waals surface area (Å²) in [6.07, 6.45) is 3.59. The molecular weight excluding hydrogens is 564 g/mol. The molecule has 3 N–H and O–H groups in total. The van der Waals surface area contributed by atoms with Gasteiger partial charge in [-0.2, -0.15) is 0 Å². The van der Waals surface area contributed by atoms with Gasteiger partial charge in [0.05, 0.1) is 39.5 Å². The fourth-order valence-electron chi connectivity index (χ4n) is 6.91. The molecule has 2 heterocycles. The maximum atomic E-state index is 13.8. The number of carbonyl (C=O) groups excluding carboxylic acids is 4. The van der Waals surface area contributed by atoms with Gasteiger partial charge in [0.25, 0.3) is 0 Å². The summed E-state index contributed by atoms with van der Waals surface area (Å²) in [5.41, 5.74) is 0.115. The van der Waals surface area contributed by atoms with Gasteiger partial charge in [-0.3, -0.25) is 24.1 Å². The van der Waals surface area contributed by atoms with E-state index in [1.54, 1.807) is 21.0 Å². The van der Waals surface area contributed by atoms with Crippen LogP contribution in [-0.4, -0.2) is 98.7 Å². The van der Waals surface area contributed by atoms with Gasteiger partial charge in [0, 0.05) is 13.1 Å². The SMILES string of the molecule is COc1ccc(CC[C@H](NC(=O)[C@H](C)NC(=O)CN2CCOCC2)C(=O)N[C@@H](CC2CC3C(C)C3C2)C(=O)[C@@]2(C)CO2)cc1. The number of ketones is 1. The molecule has 0 bridgehead atoms. The fraction of sp³-hybridized carbons (Fsp3) is 0.697. The molecule has 242 valence electrons. The zero-order valence-corrected chi connectivity index (χ0v) is 26.4. The number of morpholine rings is 1. The van der Waals surface area contributed by atoms with Crippen molar-refractivity contribution in [2.75, 3.05) is 46.6 Å². The van der Waals surface area contributed by atoms with Crippen molar-refractivity contribution in [2.45, 2.75) is 76.6 Å². The van der Waals surface area contributed by atoms with Crippen LogP contribution in [-0.2, 0) is 35.1 Å². The average molecular weight is 613 g/mol. The molecular formula is C33H48N4O7. The Kier molecular flexibility index (Phi) is 10.3. The lowest BCUT2D eigenvalue weighted by Gasteiger charge is -2.28. The number of hydrogen-bond donors (Lipinski definition) is 3. The van der Waals surface area contributed by atoms with Crippen LogP contribution in [0.4, 0.5) is 0 Å². The molecule has 6 atom stereocenters. The fourth-order valence-corrected chi connectivity index (χ4v) is 6.91. The highest BCUT2D eigenvalue weighted by molar-refractivity contribution is 5.98. The van der Waals surface area contributed by atoms with E-state index in [0.717, 1.165) is 41.9 Å². The number of hydrogen-bond acceptors (Lipinski definition) is 8. The van der Waals surface area contributed by atoms with Crippen LogP contribution in [0.3, 0.4) is 0 Å². The van der Waals surface area contributed by atoms with Gasteiger partial charge >= 0.3 is 0 Å². The van der Waals surface area contributed by atoms with Crippen LogP contribution in [0.15, 0.2) is 24.3 Å². The van der Waals surface area contributed by atoms with Crippen molar-refractivity contribution in [1.82, 2.24) is 20.9 Å². The number of Topliss-reactive ketones (excluding diaryl/α,β-unsaturated/α-hetero) is 1. The topological polar surface area (TPSA) is 139 Å². The van der Waals surface area contributed by atoms with E-state index in [1.807, 2.05) is 29.2 Å². The quantitative estimate of drug-likeness (QED) is 0.253. The Morgan fingerprint density at radius 3 is 2.25 bits per heavy atom. The van der Waals surface area contributed by atoms with Crippen molar-refractivity contribution < 1.29 is 33.4 Å². The van der Waals surface area contributed by atoms with Crippen molar-refractivity contribution in [3.8, 4) is 5.75 Å². The van der Waals surface area contributed by atoms with Gasteiger partial charge < -0.3 is 30.2 Å². The first-order chi connectivity index (χ1) is 21.1. The Bertz CT molecular complexity index is 1190. The standard InChI is InChI=1S/C33H48N4O7/c1-20-25-15-23(16-26(20)25)17-28(30(39)33(3)19-44-33)36-32(41)27(10-7-22-5-8-24(42-4)9-6-22)35-31(40)21(2)34-29(38)18-37-11-13-43-14-12-37/h5-6,8-9,20-21,23,25-28H,7,10-19H2,1-4H3,(H,34,38)(H,35,40)(H,36,41)/t20?,21-,23?,25?,26?,27-,28-,33+/m0/s1. The van der Waals surface area contributed by atoms with Crippen molar-refractivity contribution >= 4 is 23.5 Å². The number of amides is 3. The lowest BCUT2D eigenvalue weighted by molar-refractivity contribution is -0.134. The third-order valence-electron chi connectivity index (χ3n) is 10.0. The number of nitrogens with zero attached hydrogens (tertiary/aromatic N) is 1. The second-order valence-electron chi connectivity index (χ2n) is 13.3. The summed E-state index contributed by atoms with van der Waals surface area (Å²) >= 11 is 0. The predicted octanol–water partition coefficient (Wildman–Crippen LogP) is 1.47. The Labute approximate surface area is 260 Å². The Morgan fingerprint density at radius 1 is 1.00 bits per heavy atom. The number of fused-ring (bicyclic) bond motifs is 1. The number of rotatable bonds is 15. The highest BCUT2D eigenvalue weighted by Gasteiger charge is 2.55. The molecule has 1 aromatic rings. The van der Waals surface area contributed by atoms with Crippen molar-refractivity contribution in [2.24, 2.45) is 23.7 Å². The average Bonchev–Trinajstić information content (AvgIpc) is 3.85. The zero-order chi connectivity index (χ0) is 31.4. The Balaban J connectivity index is 1.23. The van der Waals surface area contributed by atoms with Gasteiger partial charge in [0.1, 0.15) is 23.4 Å². The first-order valence-electron chi connectivity index (χ1n) is 16.1. The van der Waals surface area contributed by atoms with Crippen molar-refractivity contribution in [3.63, 3.8) is 0 Å². The van der Waals surface area contributed by atoms with Gasteiger partial charge in [-0.15, -0.1) is 0 Å². The van der Waals surface area contributed by atoms with Gasteiger partial charge in [-0.25, -0.2) is 0 Å². The molecule has 2 saturated heterocycles. The third-order valence-corrected chi connectivity index (χ3v) is 10.0. The molecule has 2 aliphatic heterocycles. The smallest absolute Gasteiger partial charge is 0.243 e. The van der Waals surface area contributed by atoms with Crippen LogP contribution in [0.1, 0.15) is 52.0 Å². The van der Waals surface area contributed by atoms with E-state index in [-0.39, 0.29) is 18.2 Å². The second-order valence-corrected chi connectivity index (χ2v) is 13.3. The number of nitrogens with one attached hydrogen (secondary N) is 3. The van der Waals surface area contributed by atoms with Crippen LogP contribution in [0.2, 0.25) is 0 Å². The molecule has 1 aromatic carbocycles. The molecule has 11 nitrogen and oxygen atoms in total. The summed E-state index contributed by atoms with van der Waals surface area (Å²) < 4.78 is 16.1. The minimum atomic E-state index is -0.900. The Hall–Kier alpha value is -3.02. The second kappa shape index (κ2) is 14.0. The summed E-state index contributed by atoms with van der Waals surface area (Å²) in [6, 6.07) is 5.13. The van der Waals surface area contributed by atoms with Crippen LogP contribution in [0, 0.1) is 23.7 Å². The van der Waals surface area contributed by atoms with Crippen molar-refractivity contribution in [3.05, 3.63) is 29.8 Å². The number of epoxide rings is 1. The Morgan fingerprint density at radius 2 is 1.64 bits per heavy atom. The minimum Gasteiger partial charge on any atom is -0.497 e. The van der Waals surface area contributed by atoms with E-state index >= 15 is 0 Å². The highest BCUT2D eigenvalue weighted by Crippen LogP contribution is 2.60. The van der Waals surface area contributed by atoms with Crippen molar-refractivity contribution in [1.29, 1.82) is 0 Å². The maximum absolute atomic E-state index is 13.8. The maximum Gasteiger partial charge on any atom is 0.243 e. The molecule has 5 rings (SSSR count). The molecule has 2 unspecified atom stereocenters. The molecule has 0 aromatic heterocycles. The summed E-state index contributed by atoms with van der Waals surface area (Å²) in [6.45, 7) is 8.66. The van der Waals surface area contributed by atoms with Crippen LogP contribution in [0.25, 0.3) is 0 Å². The zero-order valence-electron chi connectivity index (χ0n) is 26.4. The molecule has 44 heavy (non-hydrogen) atoms. The van der Waals surface area contributed by atoms with Gasteiger partial charge in [0.2, 0.25) is 17.7 Å². The monoisotopic (exact) mass is 612 g/mol. The molecule has 2 aliphatic carbocycles. The van der Waals surface area contributed by atoms with Gasteiger partial charge in [0.15, 0.2) is 5.78 Å². The van der Waals surface area contributed by atoms with Crippen LogP contribution < -0.4 is 20.7 Å². The van der Waals surface area contributed by atoms with Crippen LogP contribution >= 0.6 is 0 Å². The molecule has 2 saturated carbocycles. The third kappa shape index (κ3) is 8.17. The summed E-state index contributed by atoms with van der Waals surface area (Å²) in [4.78, 5) is 55.2. The number of methoxy groups -OCH3 is 1. The van der Waals surface area contributed by atoms with E-state index in [2.05, 4.69) is 22.9 Å². The summed E-state index contributed by atoms with van der Waals surface area (Å²) in [5.74, 6) is 2.10. The first-order valence-corrected chi connectivity index (χ1v) is 16.1. The first kappa shape index (κ1) is 32.4. The van der Waals surface area contributed by atoms with Gasteiger partial charge in [-0.05, 0) is 87.3 Å². The lowest BCUT2D eigenvalue weighted by atomic mass is 9.88. The van der Waals surface area contributed by atoms with E-state index in [1.165, 1.54) is 0 Å². The molecule has 0 spiro atoms. The van der Waals surface area contributed by atoms with E-state index in [9.17, 15) is 19.2 Å². The van der Waals surface area contributed by atoms with E-state index in [4.69, 9.17) is 14.2 Å². The summed E-state index contributed by atoms with van der Waals surface area (Å²) in [7, 11) is 1.60. The number of benzene rings is 1. The molecule has 3 amide bonds. The largest absolute Gasteiger partial charge is 0.497 e. The molecule has 4 aliphatic rings.